The average Bonchev–Trinajstić information content (AvgIpc) is 2.94. The van der Waals surface area contributed by atoms with E-state index in [1.54, 1.807) is 32.4 Å². The number of nitrogens with zero attached hydrogens (tertiary/aromatic N) is 2. The summed E-state index contributed by atoms with van der Waals surface area (Å²) in [5, 5.41) is 0.749. The predicted octanol–water partition coefficient (Wildman–Crippen LogP) is 3.71. The molecule has 0 radical (unpaired) electrons. The molecule has 27 heavy (non-hydrogen) atoms. The fourth-order valence-corrected chi connectivity index (χ4v) is 3.46. The molecule has 3 rings (SSSR count). The summed E-state index contributed by atoms with van der Waals surface area (Å²) in [4.78, 5) is 17.3. The maximum absolute atomic E-state index is 13.1. The zero-order chi connectivity index (χ0) is 19.2. The Labute approximate surface area is 165 Å². The van der Waals surface area contributed by atoms with Crippen molar-refractivity contribution >= 4 is 17.5 Å². The topological polar surface area (TPSA) is 42.0 Å². The summed E-state index contributed by atoms with van der Waals surface area (Å²) < 4.78 is 10.6. The SMILES string of the molecule is COc1ccc(OC)c(C(=O)N2CCCN(Cc3ccc(Cl)cc3)CC2)c1. The minimum atomic E-state index is -0.0147. The summed E-state index contributed by atoms with van der Waals surface area (Å²) >= 11 is 5.96. The Hall–Kier alpha value is -2.24. The normalized spacial score (nSPS) is 15.3. The van der Waals surface area contributed by atoms with Crippen LogP contribution in [-0.2, 0) is 6.54 Å². The average molecular weight is 389 g/mol. The molecule has 2 aromatic carbocycles. The first-order valence-corrected chi connectivity index (χ1v) is 9.46. The molecule has 0 saturated carbocycles. The van der Waals surface area contributed by atoms with Gasteiger partial charge in [0, 0.05) is 37.7 Å². The van der Waals surface area contributed by atoms with E-state index in [1.807, 2.05) is 17.0 Å². The van der Waals surface area contributed by atoms with Crippen molar-refractivity contribution in [3.05, 3.63) is 58.6 Å². The van der Waals surface area contributed by atoms with Gasteiger partial charge >= 0.3 is 0 Å². The Morgan fingerprint density at radius 1 is 1.00 bits per heavy atom. The highest BCUT2D eigenvalue weighted by Gasteiger charge is 2.23. The molecule has 0 bridgehead atoms. The lowest BCUT2D eigenvalue weighted by atomic mass is 10.1. The van der Waals surface area contributed by atoms with Gasteiger partial charge in [0.15, 0.2) is 0 Å². The van der Waals surface area contributed by atoms with Crippen LogP contribution in [0, 0.1) is 0 Å². The van der Waals surface area contributed by atoms with Gasteiger partial charge in [-0.25, -0.2) is 0 Å². The Balaban J connectivity index is 1.67. The van der Waals surface area contributed by atoms with Crippen molar-refractivity contribution in [1.82, 2.24) is 9.80 Å². The lowest BCUT2D eigenvalue weighted by Crippen LogP contribution is -2.35. The first kappa shape index (κ1) is 19.5. The van der Waals surface area contributed by atoms with Gasteiger partial charge in [0.25, 0.3) is 5.91 Å². The lowest BCUT2D eigenvalue weighted by Gasteiger charge is -2.23. The van der Waals surface area contributed by atoms with E-state index in [2.05, 4.69) is 17.0 Å². The third kappa shape index (κ3) is 4.93. The van der Waals surface area contributed by atoms with Crippen LogP contribution in [0.5, 0.6) is 11.5 Å². The van der Waals surface area contributed by atoms with E-state index in [4.69, 9.17) is 21.1 Å². The number of carbonyl (C=O) groups is 1. The van der Waals surface area contributed by atoms with Crippen LogP contribution in [0.15, 0.2) is 42.5 Å². The number of hydrogen-bond acceptors (Lipinski definition) is 4. The van der Waals surface area contributed by atoms with Crippen molar-refractivity contribution < 1.29 is 14.3 Å². The summed E-state index contributed by atoms with van der Waals surface area (Å²) in [5.74, 6) is 1.21. The van der Waals surface area contributed by atoms with Gasteiger partial charge in [-0.2, -0.15) is 0 Å². The fourth-order valence-electron chi connectivity index (χ4n) is 3.33. The highest BCUT2D eigenvalue weighted by atomic mass is 35.5. The van der Waals surface area contributed by atoms with Crippen LogP contribution in [0.3, 0.4) is 0 Å². The molecule has 144 valence electrons. The number of carbonyl (C=O) groups excluding carboxylic acids is 1. The highest BCUT2D eigenvalue weighted by Crippen LogP contribution is 2.26. The zero-order valence-electron chi connectivity index (χ0n) is 15.8. The molecule has 6 heteroatoms. The third-order valence-electron chi connectivity index (χ3n) is 4.83. The van der Waals surface area contributed by atoms with E-state index < -0.39 is 0 Å². The van der Waals surface area contributed by atoms with Crippen LogP contribution in [0.4, 0.5) is 0 Å². The molecule has 1 aliphatic heterocycles. The number of hydrogen-bond donors (Lipinski definition) is 0. The molecule has 1 aliphatic rings. The van der Waals surface area contributed by atoms with E-state index in [0.29, 0.717) is 23.6 Å². The molecule has 0 aliphatic carbocycles. The van der Waals surface area contributed by atoms with Crippen molar-refractivity contribution in [3.8, 4) is 11.5 Å². The molecular formula is C21H25ClN2O3. The van der Waals surface area contributed by atoms with Crippen molar-refractivity contribution in [2.45, 2.75) is 13.0 Å². The number of methoxy groups -OCH3 is 2. The standard InChI is InChI=1S/C21H25ClN2O3/c1-26-18-8-9-20(27-2)19(14-18)21(25)24-11-3-10-23(12-13-24)15-16-4-6-17(22)7-5-16/h4-9,14H,3,10-13,15H2,1-2H3. The molecule has 0 aromatic heterocycles. The van der Waals surface area contributed by atoms with Gasteiger partial charge in [-0.1, -0.05) is 23.7 Å². The first-order chi connectivity index (χ1) is 13.1. The summed E-state index contributed by atoms with van der Waals surface area (Å²) in [6.07, 6.45) is 0.936. The lowest BCUT2D eigenvalue weighted by molar-refractivity contribution is 0.0757. The summed E-state index contributed by atoms with van der Waals surface area (Å²) in [7, 11) is 3.17. The van der Waals surface area contributed by atoms with Gasteiger partial charge in [-0.3, -0.25) is 9.69 Å². The van der Waals surface area contributed by atoms with E-state index in [-0.39, 0.29) is 5.91 Å². The second kappa shape index (κ2) is 9.11. The van der Waals surface area contributed by atoms with Gasteiger partial charge in [0.05, 0.1) is 19.8 Å². The Morgan fingerprint density at radius 2 is 1.78 bits per heavy atom. The minimum Gasteiger partial charge on any atom is -0.497 e. The quantitative estimate of drug-likeness (QED) is 0.783. The number of amides is 1. The van der Waals surface area contributed by atoms with E-state index >= 15 is 0 Å². The van der Waals surface area contributed by atoms with Crippen LogP contribution in [0.1, 0.15) is 22.3 Å². The van der Waals surface area contributed by atoms with E-state index in [1.165, 1.54) is 5.56 Å². The van der Waals surface area contributed by atoms with Crippen LogP contribution in [-0.4, -0.2) is 56.1 Å². The summed E-state index contributed by atoms with van der Waals surface area (Å²) in [6.45, 7) is 4.08. The molecule has 0 N–H and O–H groups in total. The Morgan fingerprint density at radius 3 is 2.48 bits per heavy atom. The summed E-state index contributed by atoms with van der Waals surface area (Å²) in [5.41, 5.74) is 1.77. The third-order valence-corrected chi connectivity index (χ3v) is 5.08. The predicted molar refractivity (Wildman–Crippen MR) is 107 cm³/mol. The summed E-state index contributed by atoms with van der Waals surface area (Å²) in [6, 6.07) is 13.3. The fraction of sp³-hybridized carbons (Fsp3) is 0.381. The van der Waals surface area contributed by atoms with Crippen LogP contribution in [0.2, 0.25) is 5.02 Å². The van der Waals surface area contributed by atoms with Crippen molar-refractivity contribution in [2.75, 3.05) is 40.4 Å². The highest BCUT2D eigenvalue weighted by molar-refractivity contribution is 6.30. The second-order valence-corrected chi connectivity index (χ2v) is 7.05. The van der Waals surface area contributed by atoms with Gasteiger partial charge in [0.2, 0.25) is 0 Å². The van der Waals surface area contributed by atoms with Gasteiger partial charge in [-0.15, -0.1) is 0 Å². The largest absolute Gasteiger partial charge is 0.497 e. The molecule has 0 spiro atoms. The maximum atomic E-state index is 13.1. The molecule has 1 amide bonds. The number of rotatable bonds is 5. The smallest absolute Gasteiger partial charge is 0.257 e. The number of ether oxygens (including phenoxy) is 2. The van der Waals surface area contributed by atoms with Gasteiger partial charge < -0.3 is 14.4 Å². The Kier molecular flexibility index (Phi) is 6.58. The monoisotopic (exact) mass is 388 g/mol. The molecule has 1 heterocycles. The van der Waals surface area contributed by atoms with E-state index in [0.717, 1.165) is 37.6 Å². The molecule has 5 nitrogen and oxygen atoms in total. The van der Waals surface area contributed by atoms with Gasteiger partial charge in [0.1, 0.15) is 11.5 Å². The second-order valence-electron chi connectivity index (χ2n) is 6.61. The molecule has 0 atom stereocenters. The zero-order valence-corrected chi connectivity index (χ0v) is 16.5. The van der Waals surface area contributed by atoms with Crippen LogP contribution < -0.4 is 9.47 Å². The molecule has 1 fully saturated rings. The molecule has 0 unspecified atom stereocenters. The molecule has 1 saturated heterocycles. The number of halogens is 1. The minimum absolute atomic E-state index is 0.0147. The first-order valence-electron chi connectivity index (χ1n) is 9.09. The van der Waals surface area contributed by atoms with Crippen molar-refractivity contribution in [3.63, 3.8) is 0 Å². The molecule has 2 aromatic rings. The Bertz CT molecular complexity index is 779. The van der Waals surface area contributed by atoms with E-state index in [9.17, 15) is 4.79 Å². The molecular weight excluding hydrogens is 364 g/mol. The van der Waals surface area contributed by atoms with Crippen LogP contribution >= 0.6 is 11.6 Å². The number of benzene rings is 2. The van der Waals surface area contributed by atoms with Crippen molar-refractivity contribution in [1.29, 1.82) is 0 Å². The van der Waals surface area contributed by atoms with Crippen molar-refractivity contribution in [2.24, 2.45) is 0 Å². The maximum Gasteiger partial charge on any atom is 0.257 e. The van der Waals surface area contributed by atoms with Crippen LogP contribution in [0.25, 0.3) is 0 Å². The van der Waals surface area contributed by atoms with Gasteiger partial charge in [-0.05, 0) is 42.3 Å².